The zero-order chi connectivity index (χ0) is 26.8. The van der Waals surface area contributed by atoms with Gasteiger partial charge in [-0.1, -0.05) is 33.1 Å². The van der Waals surface area contributed by atoms with Crippen LogP contribution in [0.3, 0.4) is 0 Å². The number of hydrogen-bond donors (Lipinski definition) is 3. The Morgan fingerprint density at radius 1 is 1.08 bits per heavy atom. The molecular formula is C31H29FN6. The van der Waals surface area contributed by atoms with E-state index in [1.165, 1.54) is 12.1 Å². The second kappa shape index (κ2) is 10.3. The van der Waals surface area contributed by atoms with E-state index in [0.29, 0.717) is 11.6 Å². The van der Waals surface area contributed by atoms with Crippen molar-refractivity contribution in [3.05, 3.63) is 109 Å². The number of allylic oxidation sites excluding steroid dienone is 5. The van der Waals surface area contributed by atoms with Gasteiger partial charge in [-0.2, -0.15) is 5.10 Å². The van der Waals surface area contributed by atoms with Gasteiger partial charge in [0.15, 0.2) is 5.65 Å². The van der Waals surface area contributed by atoms with Crippen LogP contribution in [0.5, 0.6) is 0 Å². The molecule has 0 atom stereocenters. The van der Waals surface area contributed by atoms with Crippen LogP contribution in [0.2, 0.25) is 0 Å². The summed E-state index contributed by atoms with van der Waals surface area (Å²) in [4.78, 5) is 12.6. The minimum absolute atomic E-state index is 0.279. The molecule has 0 saturated carbocycles. The SMILES string of the molecule is C=C/C(=C\C(=C/C)c1cnc2n[nH]c(-c3cc4c(-c5ccc(F)cc5)nccc4[nH]3)c2c1)NC(=C)C(C)C. The number of nitrogens with zero attached hydrogens (tertiary/aromatic N) is 3. The number of halogens is 1. The standard InChI is InChI=1S/C31H29FN6/c1-6-20(14-24(7-2)35-19(5)18(3)4)22-15-26-30(37-38-31(26)34-17-22)28-16-25-27(36-28)12-13-33-29(25)21-8-10-23(32)11-9-21/h6-18,35-36H,2,5H2,1,3-4H3,(H,34,37,38)/b20-6+,24-14+. The molecule has 0 spiro atoms. The largest absolute Gasteiger partial charge is 0.359 e. The normalized spacial score (nSPS) is 12.4. The smallest absolute Gasteiger partial charge is 0.181 e. The molecule has 38 heavy (non-hydrogen) atoms. The number of nitrogens with one attached hydrogen (secondary N) is 3. The molecule has 4 aromatic heterocycles. The van der Waals surface area contributed by atoms with E-state index in [-0.39, 0.29) is 5.82 Å². The van der Waals surface area contributed by atoms with E-state index in [2.05, 4.69) is 63.5 Å². The molecule has 0 aliphatic heterocycles. The number of H-pyrrole nitrogens is 2. The molecular weight excluding hydrogens is 475 g/mol. The fraction of sp³-hybridized carbons (Fsp3) is 0.129. The van der Waals surface area contributed by atoms with Gasteiger partial charge in [0.2, 0.25) is 0 Å². The van der Waals surface area contributed by atoms with Gasteiger partial charge in [-0.15, -0.1) is 0 Å². The second-order valence-electron chi connectivity index (χ2n) is 9.36. The molecule has 1 aromatic carbocycles. The van der Waals surface area contributed by atoms with Crippen LogP contribution < -0.4 is 5.32 Å². The highest BCUT2D eigenvalue weighted by Crippen LogP contribution is 2.33. The molecule has 7 heteroatoms. The van der Waals surface area contributed by atoms with E-state index in [4.69, 9.17) is 0 Å². The Morgan fingerprint density at radius 3 is 2.58 bits per heavy atom. The van der Waals surface area contributed by atoms with Gasteiger partial charge in [-0.05, 0) is 73.0 Å². The Balaban J connectivity index is 1.55. The van der Waals surface area contributed by atoms with E-state index < -0.39 is 0 Å². The molecule has 4 heterocycles. The van der Waals surface area contributed by atoms with Crippen LogP contribution in [0.1, 0.15) is 26.3 Å². The monoisotopic (exact) mass is 504 g/mol. The molecule has 5 aromatic rings. The summed E-state index contributed by atoms with van der Waals surface area (Å²) in [6.45, 7) is 14.2. The summed E-state index contributed by atoms with van der Waals surface area (Å²) in [5, 5.41) is 12.7. The number of aromatic amines is 2. The third kappa shape index (κ3) is 4.78. The van der Waals surface area contributed by atoms with Crippen LogP contribution >= 0.6 is 0 Å². The quantitative estimate of drug-likeness (QED) is 0.191. The number of benzene rings is 1. The second-order valence-corrected chi connectivity index (χ2v) is 9.36. The van der Waals surface area contributed by atoms with E-state index in [0.717, 1.165) is 61.5 Å². The van der Waals surface area contributed by atoms with Gasteiger partial charge in [0, 0.05) is 51.2 Å². The van der Waals surface area contributed by atoms with E-state index >= 15 is 0 Å². The van der Waals surface area contributed by atoms with E-state index in [1.807, 2.05) is 37.4 Å². The molecule has 0 aliphatic rings. The first kappa shape index (κ1) is 24.9. The summed E-state index contributed by atoms with van der Waals surface area (Å²) in [5.74, 6) is 0.0214. The van der Waals surface area contributed by atoms with Crippen LogP contribution in [0.25, 0.3) is 50.2 Å². The fourth-order valence-electron chi connectivity index (χ4n) is 4.27. The van der Waals surface area contributed by atoms with Crippen molar-refractivity contribution in [2.24, 2.45) is 5.92 Å². The van der Waals surface area contributed by atoms with Crippen molar-refractivity contribution in [2.75, 3.05) is 0 Å². The van der Waals surface area contributed by atoms with Crippen molar-refractivity contribution in [2.45, 2.75) is 20.8 Å². The number of aromatic nitrogens is 5. The zero-order valence-corrected chi connectivity index (χ0v) is 21.6. The minimum atomic E-state index is -0.279. The van der Waals surface area contributed by atoms with Crippen LogP contribution in [0.4, 0.5) is 4.39 Å². The molecule has 0 radical (unpaired) electrons. The lowest BCUT2D eigenvalue weighted by Gasteiger charge is -2.14. The van der Waals surface area contributed by atoms with Crippen LogP contribution in [0, 0.1) is 11.7 Å². The lowest BCUT2D eigenvalue weighted by Crippen LogP contribution is -2.14. The minimum Gasteiger partial charge on any atom is -0.359 e. The van der Waals surface area contributed by atoms with Gasteiger partial charge in [0.1, 0.15) is 5.82 Å². The Labute approximate surface area is 220 Å². The molecule has 3 N–H and O–H groups in total. The molecule has 5 rings (SSSR count). The first-order chi connectivity index (χ1) is 18.4. The third-order valence-electron chi connectivity index (χ3n) is 6.52. The zero-order valence-electron chi connectivity index (χ0n) is 21.6. The molecule has 0 aliphatic carbocycles. The topological polar surface area (TPSA) is 82.3 Å². The van der Waals surface area contributed by atoms with Gasteiger partial charge in [0.25, 0.3) is 0 Å². The summed E-state index contributed by atoms with van der Waals surface area (Å²) in [7, 11) is 0. The highest BCUT2D eigenvalue weighted by Gasteiger charge is 2.15. The van der Waals surface area contributed by atoms with Crippen molar-refractivity contribution < 1.29 is 4.39 Å². The molecule has 0 bridgehead atoms. The summed E-state index contributed by atoms with van der Waals surface area (Å²) in [6, 6.07) is 12.4. The Kier molecular flexibility index (Phi) is 6.75. The fourth-order valence-corrected chi connectivity index (χ4v) is 4.27. The van der Waals surface area contributed by atoms with Gasteiger partial charge in [0.05, 0.1) is 17.1 Å². The number of hydrogen-bond acceptors (Lipinski definition) is 4. The third-order valence-corrected chi connectivity index (χ3v) is 6.52. The summed E-state index contributed by atoms with van der Waals surface area (Å²) >= 11 is 0. The van der Waals surface area contributed by atoms with Crippen LogP contribution in [-0.4, -0.2) is 25.1 Å². The van der Waals surface area contributed by atoms with Crippen LogP contribution in [0.15, 0.2) is 97.6 Å². The molecule has 0 amide bonds. The summed E-state index contributed by atoms with van der Waals surface area (Å²) in [5.41, 5.74) is 8.57. The van der Waals surface area contributed by atoms with Crippen molar-refractivity contribution in [1.29, 1.82) is 0 Å². The maximum atomic E-state index is 13.5. The molecule has 190 valence electrons. The first-order valence-electron chi connectivity index (χ1n) is 12.4. The van der Waals surface area contributed by atoms with Gasteiger partial charge < -0.3 is 10.3 Å². The van der Waals surface area contributed by atoms with Crippen molar-refractivity contribution >= 4 is 27.5 Å². The molecule has 0 fully saturated rings. The van der Waals surface area contributed by atoms with Gasteiger partial charge in [-0.25, -0.2) is 9.37 Å². The van der Waals surface area contributed by atoms with E-state index in [9.17, 15) is 4.39 Å². The highest BCUT2D eigenvalue weighted by atomic mass is 19.1. The predicted molar refractivity (Wildman–Crippen MR) is 153 cm³/mol. The molecule has 6 nitrogen and oxygen atoms in total. The highest BCUT2D eigenvalue weighted by molar-refractivity contribution is 5.99. The number of pyridine rings is 2. The van der Waals surface area contributed by atoms with Crippen molar-refractivity contribution in [3.63, 3.8) is 0 Å². The van der Waals surface area contributed by atoms with Gasteiger partial charge in [-0.3, -0.25) is 10.1 Å². The predicted octanol–water partition coefficient (Wildman–Crippen LogP) is 7.54. The Morgan fingerprint density at radius 2 is 1.87 bits per heavy atom. The Hall–Kier alpha value is -4.78. The lowest BCUT2D eigenvalue weighted by molar-refractivity contribution is 0.628. The number of fused-ring (bicyclic) bond motifs is 2. The number of rotatable bonds is 8. The maximum absolute atomic E-state index is 13.5. The molecule has 0 unspecified atom stereocenters. The van der Waals surface area contributed by atoms with Crippen LogP contribution in [-0.2, 0) is 0 Å². The maximum Gasteiger partial charge on any atom is 0.181 e. The summed E-state index contributed by atoms with van der Waals surface area (Å²) < 4.78 is 13.5. The van der Waals surface area contributed by atoms with Crippen molar-refractivity contribution in [1.82, 2.24) is 30.5 Å². The van der Waals surface area contributed by atoms with Gasteiger partial charge >= 0.3 is 0 Å². The molecule has 0 saturated heterocycles. The lowest BCUT2D eigenvalue weighted by atomic mass is 10.0. The summed E-state index contributed by atoms with van der Waals surface area (Å²) in [6.07, 6.45) is 9.42. The first-order valence-corrected chi connectivity index (χ1v) is 12.4. The Bertz CT molecular complexity index is 1720. The van der Waals surface area contributed by atoms with Crippen molar-refractivity contribution in [3.8, 4) is 22.6 Å². The average Bonchev–Trinajstić information content (AvgIpc) is 3.55. The van der Waals surface area contributed by atoms with E-state index in [1.54, 1.807) is 24.4 Å². The average molecular weight is 505 g/mol.